The van der Waals surface area contributed by atoms with Gasteiger partial charge in [-0.2, -0.15) is 0 Å². The number of urea groups is 1. The van der Waals surface area contributed by atoms with Crippen LogP contribution in [-0.2, 0) is 0 Å². The largest absolute Gasteiger partial charge is 0.496 e. The summed E-state index contributed by atoms with van der Waals surface area (Å²) in [6.07, 6.45) is 0. The van der Waals surface area contributed by atoms with Gasteiger partial charge in [0.05, 0.1) is 13.2 Å². The summed E-state index contributed by atoms with van der Waals surface area (Å²) in [6, 6.07) is 13.0. The summed E-state index contributed by atoms with van der Waals surface area (Å²) in [5, 5.41) is 5.76. The Morgan fingerprint density at radius 2 is 1.95 bits per heavy atom. The number of methoxy groups -OCH3 is 1. The van der Waals surface area contributed by atoms with Gasteiger partial charge in [0.1, 0.15) is 5.75 Å². The van der Waals surface area contributed by atoms with E-state index in [0.29, 0.717) is 0 Å². The van der Waals surface area contributed by atoms with E-state index in [1.54, 1.807) is 7.11 Å². The van der Waals surface area contributed by atoms with Crippen LogP contribution in [0.15, 0.2) is 46.9 Å². The molecule has 0 aliphatic heterocycles. The summed E-state index contributed by atoms with van der Waals surface area (Å²) in [7, 11) is 1.63. The number of anilines is 1. The highest BCUT2D eigenvalue weighted by molar-refractivity contribution is 9.10. The number of carbonyl (C=O) groups is 1. The topological polar surface area (TPSA) is 50.4 Å². The van der Waals surface area contributed by atoms with Crippen LogP contribution in [-0.4, -0.2) is 13.1 Å². The monoisotopic (exact) mass is 362 g/mol. The maximum Gasteiger partial charge on any atom is 0.319 e. The van der Waals surface area contributed by atoms with Crippen molar-refractivity contribution < 1.29 is 9.53 Å². The molecular weight excluding hydrogens is 344 g/mol. The lowest BCUT2D eigenvalue weighted by molar-refractivity contribution is 0.249. The van der Waals surface area contributed by atoms with Crippen LogP contribution < -0.4 is 15.4 Å². The first-order valence-corrected chi connectivity index (χ1v) is 7.77. The van der Waals surface area contributed by atoms with Crippen LogP contribution in [0.25, 0.3) is 0 Å². The molecule has 0 fully saturated rings. The average Bonchev–Trinajstić information content (AvgIpc) is 2.47. The standard InChI is InChI=1S/C17H19BrN2O2/c1-11-10-13(8-9-16(11)22-3)20-17(21)19-12(2)14-6-4-5-7-15(14)18/h4-10,12H,1-3H3,(H2,19,20,21). The fourth-order valence-electron chi connectivity index (χ4n) is 2.22. The van der Waals surface area contributed by atoms with Gasteiger partial charge >= 0.3 is 6.03 Å². The molecule has 0 aromatic heterocycles. The van der Waals surface area contributed by atoms with E-state index in [9.17, 15) is 4.79 Å². The molecule has 0 aliphatic rings. The third-order valence-electron chi connectivity index (χ3n) is 3.37. The number of aryl methyl sites for hydroxylation is 1. The second kappa shape index (κ2) is 7.31. The van der Waals surface area contributed by atoms with Crippen molar-refractivity contribution in [2.75, 3.05) is 12.4 Å². The molecule has 116 valence electrons. The molecule has 2 aromatic carbocycles. The molecule has 0 bridgehead atoms. The van der Waals surface area contributed by atoms with Crippen molar-refractivity contribution in [3.63, 3.8) is 0 Å². The second-order valence-corrected chi connectivity index (χ2v) is 5.88. The van der Waals surface area contributed by atoms with E-state index in [0.717, 1.165) is 27.0 Å². The van der Waals surface area contributed by atoms with Gasteiger partial charge in [-0.05, 0) is 49.2 Å². The smallest absolute Gasteiger partial charge is 0.319 e. The summed E-state index contributed by atoms with van der Waals surface area (Å²) >= 11 is 3.49. The van der Waals surface area contributed by atoms with Gasteiger partial charge in [0.25, 0.3) is 0 Å². The van der Waals surface area contributed by atoms with E-state index in [2.05, 4.69) is 26.6 Å². The fraction of sp³-hybridized carbons (Fsp3) is 0.235. The van der Waals surface area contributed by atoms with Crippen LogP contribution >= 0.6 is 15.9 Å². The molecule has 0 aliphatic carbocycles. The van der Waals surface area contributed by atoms with Gasteiger partial charge in [-0.3, -0.25) is 0 Å². The quantitative estimate of drug-likeness (QED) is 0.831. The van der Waals surface area contributed by atoms with Gasteiger partial charge in [0.15, 0.2) is 0 Å². The van der Waals surface area contributed by atoms with Gasteiger partial charge in [0.2, 0.25) is 0 Å². The number of amides is 2. The summed E-state index contributed by atoms with van der Waals surface area (Å²) in [5.74, 6) is 0.799. The van der Waals surface area contributed by atoms with Gasteiger partial charge < -0.3 is 15.4 Å². The van der Waals surface area contributed by atoms with Crippen LogP contribution in [0.3, 0.4) is 0 Å². The van der Waals surface area contributed by atoms with Crippen molar-refractivity contribution >= 4 is 27.6 Å². The number of rotatable bonds is 4. The minimum absolute atomic E-state index is 0.102. The van der Waals surface area contributed by atoms with Crippen LogP contribution in [0.5, 0.6) is 5.75 Å². The predicted molar refractivity (Wildman–Crippen MR) is 92.4 cm³/mol. The highest BCUT2D eigenvalue weighted by atomic mass is 79.9. The zero-order valence-corrected chi connectivity index (χ0v) is 14.4. The number of nitrogens with one attached hydrogen (secondary N) is 2. The number of hydrogen-bond donors (Lipinski definition) is 2. The predicted octanol–water partition coefficient (Wildman–Crippen LogP) is 4.65. The van der Waals surface area contributed by atoms with Crippen LogP contribution in [0.1, 0.15) is 24.1 Å². The van der Waals surface area contributed by atoms with E-state index in [4.69, 9.17) is 4.74 Å². The summed E-state index contributed by atoms with van der Waals surface area (Å²) in [4.78, 5) is 12.1. The molecule has 0 spiro atoms. The molecule has 0 saturated heterocycles. The molecule has 0 radical (unpaired) electrons. The molecule has 1 unspecified atom stereocenters. The molecule has 22 heavy (non-hydrogen) atoms. The minimum Gasteiger partial charge on any atom is -0.496 e. The molecule has 2 aromatic rings. The second-order valence-electron chi connectivity index (χ2n) is 5.03. The first-order valence-electron chi connectivity index (χ1n) is 6.98. The van der Waals surface area contributed by atoms with Gasteiger partial charge in [-0.25, -0.2) is 4.79 Å². The normalized spacial score (nSPS) is 11.6. The molecule has 2 N–H and O–H groups in total. The van der Waals surface area contributed by atoms with Crippen molar-refractivity contribution in [1.29, 1.82) is 0 Å². The molecule has 2 rings (SSSR count). The average molecular weight is 363 g/mol. The highest BCUT2D eigenvalue weighted by Gasteiger charge is 2.12. The van der Waals surface area contributed by atoms with E-state index < -0.39 is 0 Å². The van der Waals surface area contributed by atoms with Crippen molar-refractivity contribution in [3.8, 4) is 5.75 Å². The number of benzene rings is 2. The summed E-state index contributed by atoms with van der Waals surface area (Å²) < 4.78 is 6.18. The van der Waals surface area contributed by atoms with Crippen LogP contribution in [0, 0.1) is 6.92 Å². The van der Waals surface area contributed by atoms with Gasteiger partial charge in [-0.1, -0.05) is 34.1 Å². The Labute approximate surface area is 139 Å². The lowest BCUT2D eigenvalue weighted by atomic mass is 10.1. The SMILES string of the molecule is COc1ccc(NC(=O)NC(C)c2ccccc2Br)cc1C. The molecular formula is C17H19BrN2O2. The van der Waals surface area contributed by atoms with Crippen LogP contribution in [0.2, 0.25) is 0 Å². The Morgan fingerprint density at radius 1 is 1.23 bits per heavy atom. The first kappa shape index (κ1) is 16.4. The molecule has 0 heterocycles. The molecule has 0 saturated carbocycles. The number of halogens is 1. The lowest BCUT2D eigenvalue weighted by Crippen LogP contribution is -2.31. The van der Waals surface area contributed by atoms with E-state index in [-0.39, 0.29) is 12.1 Å². The Bertz CT molecular complexity index is 673. The molecule has 2 amide bonds. The van der Waals surface area contributed by atoms with E-state index in [1.165, 1.54) is 0 Å². The lowest BCUT2D eigenvalue weighted by Gasteiger charge is -2.17. The fourth-order valence-corrected chi connectivity index (χ4v) is 2.85. The van der Waals surface area contributed by atoms with Gasteiger partial charge in [-0.15, -0.1) is 0 Å². The van der Waals surface area contributed by atoms with Gasteiger partial charge in [0, 0.05) is 10.2 Å². The first-order chi connectivity index (χ1) is 10.5. The van der Waals surface area contributed by atoms with Crippen molar-refractivity contribution in [1.82, 2.24) is 5.32 Å². The third-order valence-corrected chi connectivity index (χ3v) is 4.09. The number of carbonyl (C=O) groups excluding carboxylic acids is 1. The van der Waals surface area contributed by atoms with Crippen LogP contribution in [0.4, 0.5) is 10.5 Å². The maximum atomic E-state index is 12.1. The number of ether oxygens (including phenoxy) is 1. The van der Waals surface area contributed by atoms with Crippen molar-refractivity contribution in [3.05, 3.63) is 58.1 Å². The number of hydrogen-bond acceptors (Lipinski definition) is 2. The zero-order valence-electron chi connectivity index (χ0n) is 12.8. The Morgan fingerprint density at radius 3 is 2.59 bits per heavy atom. The van der Waals surface area contributed by atoms with Crippen molar-refractivity contribution in [2.45, 2.75) is 19.9 Å². The Hall–Kier alpha value is -2.01. The maximum absolute atomic E-state index is 12.1. The highest BCUT2D eigenvalue weighted by Crippen LogP contribution is 2.24. The van der Waals surface area contributed by atoms with E-state index in [1.807, 2.05) is 56.3 Å². The summed E-state index contributed by atoms with van der Waals surface area (Å²) in [5.41, 5.74) is 2.73. The molecule has 1 atom stereocenters. The van der Waals surface area contributed by atoms with E-state index >= 15 is 0 Å². The zero-order chi connectivity index (χ0) is 16.1. The Kier molecular flexibility index (Phi) is 5.44. The molecule has 4 nitrogen and oxygen atoms in total. The minimum atomic E-state index is -0.243. The summed E-state index contributed by atoms with van der Waals surface area (Å²) in [6.45, 7) is 3.88. The Balaban J connectivity index is 2.01. The van der Waals surface area contributed by atoms with Crippen molar-refractivity contribution in [2.24, 2.45) is 0 Å². The molecule has 5 heteroatoms. The third kappa shape index (κ3) is 4.01.